The SMILES string of the molecule is CO[C@H]1C=CC=C(C)C(=O)Nc2cc(O)c(NC=C3OC(O)[C@@H](O)[C@H](O)[C@H]3O)c(c2O)C[C@@H](C)C[C@H](OC)[C@H](O)[C@@H](C)C=C(C)[C@@H]1OC(N)=O. The smallest absolute Gasteiger partial charge is 0.405 e. The molecule has 50 heavy (non-hydrogen) atoms. The van der Waals surface area contributed by atoms with Crippen molar-refractivity contribution in [2.75, 3.05) is 24.9 Å². The number of nitrogens with two attached hydrogens (primary N) is 1. The molecule has 2 bridgehead atoms. The van der Waals surface area contributed by atoms with Crippen LogP contribution in [0.15, 0.2) is 53.5 Å². The molecule has 11 N–H and O–H groups in total. The van der Waals surface area contributed by atoms with Gasteiger partial charge in [0.05, 0.1) is 23.6 Å². The summed E-state index contributed by atoms with van der Waals surface area (Å²) in [6, 6.07) is 1.10. The normalized spacial score (nSPS) is 32.4. The number of phenols is 2. The van der Waals surface area contributed by atoms with Gasteiger partial charge < -0.3 is 71.1 Å². The molecule has 1 saturated heterocycles. The molecular weight excluding hydrogens is 658 g/mol. The quantitative estimate of drug-likeness (QED) is 0.117. The van der Waals surface area contributed by atoms with E-state index in [1.54, 1.807) is 26.0 Å². The third-order valence-electron chi connectivity index (χ3n) is 8.70. The summed E-state index contributed by atoms with van der Waals surface area (Å²) in [6.07, 6.45) is -4.16. The Morgan fingerprint density at radius 2 is 1.74 bits per heavy atom. The molecule has 1 aromatic rings. The zero-order valence-electron chi connectivity index (χ0n) is 28.8. The molecule has 0 radical (unpaired) electrons. The van der Waals surface area contributed by atoms with Gasteiger partial charge in [-0.3, -0.25) is 4.79 Å². The second-order valence-corrected chi connectivity index (χ2v) is 12.6. The first kappa shape index (κ1) is 40.3. The maximum atomic E-state index is 13.2. The summed E-state index contributed by atoms with van der Waals surface area (Å²) in [5.41, 5.74) is 6.02. The molecule has 2 aliphatic heterocycles. The molecule has 0 aliphatic carbocycles. The number of aliphatic hydroxyl groups is 5. The van der Waals surface area contributed by atoms with Gasteiger partial charge in [0.1, 0.15) is 41.7 Å². The molecule has 0 saturated carbocycles. The summed E-state index contributed by atoms with van der Waals surface area (Å²) in [6.45, 7) is 6.79. The first-order valence-electron chi connectivity index (χ1n) is 16.0. The molecule has 2 heterocycles. The summed E-state index contributed by atoms with van der Waals surface area (Å²) in [4.78, 5) is 25.0. The average molecular weight is 708 g/mol. The Labute approximate surface area is 290 Å². The Bertz CT molecular complexity index is 1490. The second kappa shape index (κ2) is 17.7. The van der Waals surface area contributed by atoms with E-state index in [0.29, 0.717) is 5.57 Å². The summed E-state index contributed by atoms with van der Waals surface area (Å²) in [5.74, 6) is -2.69. The lowest BCUT2D eigenvalue weighted by Crippen LogP contribution is -2.51. The van der Waals surface area contributed by atoms with Gasteiger partial charge in [-0.25, -0.2) is 4.79 Å². The van der Waals surface area contributed by atoms with Gasteiger partial charge in [-0.2, -0.15) is 0 Å². The number of aromatic hydroxyl groups is 2. The van der Waals surface area contributed by atoms with Crippen LogP contribution in [0.3, 0.4) is 0 Å². The van der Waals surface area contributed by atoms with Crippen LogP contribution in [0.25, 0.3) is 0 Å². The summed E-state index contributed by atoms with van der Waals surface area (Å²) >= 11 is 0. The van der Waals surface area contributed by atoms with Gasteiger partial charge in [0.15, 0.2) is 6.10 Å². The third-order valence-corrected chi connectivity index (χ3v) is 8.70. The van der Waals surface area contributed by atoms with Crippen molar-refractivity contribution in [1.29, 1.82) is 0 Å². The predicted octanol–water partition coefficient (Wildman–Crippen LogP) is 1.24. The lowest BCUT2D eigenvalue weighted by molar-refractivity contribution is -0.224. The number of nitrogens with one attached hydrogen (secondary N) is 2. The van der Waals surface area contributed by atoms with Crippen molar-refractivity contribution >= 4 is 23.4 Å². The van der Waals surface area contributed by atoms with Crippen molar-refractivity contribution in [1.82, 2.24) is 0 Å². The minimum atomic E-state index is -1.85. The monoisotopic (exact) mass is 707 g/mol. The largest absolute Gasteiger partial charge is 0.506 e. The Morgan fingerprint density at radius 1 is 1.06 bits per heavy atom. The van der Waals surface area contributed by atoms with E-state index in [0.717, 1.165) is 12.3 Å². The zero-order valence-corrected chi connectivity index (χ0v) is 28.8. The van der Waals surface area contributed by atoms with Crippen LogP contribution in [0.1, 0.15) is 39.7 Å². The molecule has 3 rings (SSSR count). The van der Waals surface area contributed by atoms with Crippen LogP contribution in [0.2, 0.25) is 0 Å². The van der Waals surface area contributed by atoms with E-state index in [1.807, 2.05) is 6.92 Å². The Kier molecular flexibility index (Phi) is 14.2. The molecular formula is C34H49N3O13. The standard InChI is InChI=1S/C34H49N3O13/c1-15-10-19-25(36-14-24-28(41)29(42)30(43)33(45)49-24)21(38)13-20(27(19)40)37-32(44)16(2)8-7-9-22(47-5)31(50-34(35)46)18(4)12-17(3)26(39)23(11-15)48-6/h7-9,12-15,17,22-23,26,28-31,33,36,38-43,45H,10-11H2,1-6H3,(H2,35,46)(H,37,44)/t15-,17+,22+,23+,26-,28+,29-,30+,31+,33?/m1/s1. The molecule has 278 valence electrons. The molecule has 2 amide bonds. The summed E-state index contributed by atoms with van der Waals surface area (Å²) in [5, 5.41) is 79.4. The number of allylic oxidation sites excluding steroid dienone is 2. The highest BCUT2D eigenvalue weighted by Crippen LogP contribution is 2.43. The number of phenolic OH excluding ortho intramolecular Hbond substituents is 2. The minimum Gasteiger partial charge on any atom is -0.506 e. The minimum absolute atomic E-state index is 0.0550. The lowest BCUT2D eigenvalue weighted by atomic mass is 9.87. The maximum Gasteiger partial charge on any atom is 0.405 e. The number of methoxy groups -OCH3 is 2. The van der Waals surface area contributed by atoms with Crippen LogP contribution in [-0.2, 0) is 30.2 Å². The van der Waals surface area contributed by atoms with Crippen LogP contribution >= 0.6 is 0 Å². The third kappa shape index (κ3) is 9.75. The van der Waals surface area contributed by atoms with Crippen LogP contribution in [0.5, 0.6) is 11.5 Å². The Hall–Kier alpha value is -4.16. The molecule has 16 nitrogen and oxygen atoms in total. The average Bonchev–Trinajstić information content (AvgIpc) is 3.06. The van der Waals surface area contributed by atoms with E-state index in [1.165, 1.54) is 33.3 Å². The van der Waals surface area contributed by atoms with Gasteiger partial charge in [-0.05, 0) is 38.2 Å². The van der Waals surface area contributed by atoms with E-state index in [2.05, 4.69) is 10.6 Å². The van der Waals surface area contributed by atoms with Crippen LogP contribution in [0, 0.1) is 11.8 Å². The molecule has 0 aromatic heterocycles. The molecule has 1 fully saturated rings. The lowest BCUT2D eigenvalue weighted by Gasteiger charge is -2.34. The van der Waals surface area contributed by atoms with E-state index >= 15 is 0 Å². The first-order valence-corrected chi connectivity index (χ1v) is 16.0. The molecule has 1 unspecified atom stereocenters. The number of anilines is 2. The van der Waals surface area contributed by atoms with Crippen molar-refractivity contribution in [2.24, 2.45) is 17.6 Å². The number of aliphatic hydroxyl groups excluding tert-OH is 5. The fraction of sp³-hybridized carbons (Fsp3) is 0.529. The molecule has 2 aliphatic rings. The topological polar surface area (TPSA) is 263 Å². The van der Waals surface area contributed by atoms with E-state index in [9.17, 15) is 45.3 Å². The van der Waals surface area contributed by atoms with Gasteiger partial charge in [0, 0.05) is 43.5 Å². The van der Waals surface area contributed by atoms with E-state index < -0.39 is 78.4 Å². The Balaban J connectivity index is 2.12. The van der Waals surface area contributed by atoms with E-state index in [-0.39, 0.29) is 47.0 Å². The maximum absolute atomic E-state index is 13.2. The van der Waals surface area contributed by atoms with Crippen LogP contribution in [0.4, 0.5) is 16.2 Å². The second-order valence-electron chi connectivity index (χ2n) is 12.6. The molecule has 0 spiro atoms. The molecule has 16 heteroatoms. The van der Waals surface area contributed by atoms with Gasteiger partial charge in [0.2, 0.25) is 6.29 Å². The van der Waals surface area contributed by atoms with Crippen molar-refractivity contribution in [3.63, 3.8) is 0 Å². The first-order chi connectivity index (χ1) is 23.5. The van der Waals surface area contributed by atoms with Gasteiger partial charge in [-0.15, -0.1) is 0 Å². The summed E-state index contributed by atoms with van der Waals surface area (Å²) < 4.78 is 21.7. The number of hydrogen-bond acceptors (Lipinski definition) is 14. The highest BCUT2D eigenvalue weighted by atomic mass is 16.6. The Morgan fingerprint density at radius 3 is 2.36 bits per heavy atom. The molecule has 1 aromatic carbocycles. The highest BCUT2D eigenvalue weighted by Gasteiger charge is 2.40. The zero-order chi connectivity index (χ0) is 37.4. The highest BCUT2D eigenvalue weighted by molar-refractivity contribution is 6.05. The fourth-order valence-electron chi connectivity index (χ4n) is 5.84. The van der Waals surface area contributed by atoms with Crippen molar-refractivity contribution in [3.8, 4) is 11.5 Å². The number of benzene rings is 1. The van der Waals surface area contributed by atoms with Crippen LogP contribution in [-0.4, -0.2) is 111 Å². The van der Waals surface area contributed by atoms with Crippen LogP contribution < -0.4 is 16.4 Å². The number of ether oxygens (including phenoxy) is 4. The molecule has 10 atom stereocenters. The number of amides is 2. The van der Waals surface area contributed by atoms with Crippen molar-refractivity contribution in [2.45, 2.75) is 89.6 Å². The van der Waals surface area contributed by atoms with E-state index in [4.69, 9.17) is 24.7 Å². The summed E-state index contributed by atoms with van der Waals surface area (Å²) in [7, 11) is 2.84. The number of carbonyl (C=O) groups is 2. The van der Waals surface area contributed by atoms with Crippen molar-refractivity contribution in [3.05, 3.63) is 59.0 Å². The number of carbonyl (C=O) groups excluding carboxylic acids is 2. The number of primary amides is 1. The fourth-order valence-corrected chi connectivity index (χ4v) is 5.84. The van der Waals surface area contributed by atoms with Gasteiger partial charge in [0.25, 0.3) is 5.91 Å². The number of rotatable bonds is 5. The van der Waals surface area contributed by atoms with Gasteiger partial charge in [-0.1, -0.05) is 38.2 Å². The number of hydrogen-bond donors (Lipinski definition) is 10. The van der Waals surface area contributed by atoms with Gasteiger partial charge >= 0.3 is 6.09 Å². The van der Waals surface area contributed by atoms with Crippen molar-refractivity contribution < 1.29 is 64.3 Å². The number of fused-ring (bicyclic) bond motifs is 2. The predicted molar refractivity (Wildman–Crippen MR) is 181 cm³/mol.